The number of fused-ring (bicyclic) bond motifs is 2. The van der Waals surface area contributed by atoms with E-state index in [4.69, 9.17) is 4.74 Å². The Balaban J connectivity index is 1.43. The van der Waals surface area contributed by atoms with Crippen molar-refractivity contribution in [3.05, 3.63) is 65.5 Å². The summed E-state index contributed by atoms with van der Waals surface area (Å²) in [5.41, 5.74) is 5.93. The first-order chi connectivity index (χ1) is 16.9. The molecule has 0 bridgehead atoms. The Labute approximate surface area is 206 Å². The molecule has 6 nitrogen and oxygen atoms in total. The first-order valence-electron chi connectivity index (χ1n) is 12.4. The number of rotatable bonds is 6. The van der Waals surface area contributed by atoms with E-state index >= 15 is 0 Å². The van der Waals surface area contributed by atoms with Crippen molar-refractivity contribution in [3.8, 4) is 34.3 Å². The van der Waals surface area contributed by atoms with E-state index < -0.39 is 0 Å². The van der Waals surface area contributed by atoms with Crippen molar-refractivity contribution in [1.29, 1.82) is 5.26 Å². The first kappa shape index (κ1) is 23.0. The van der Waals surface area contributed by atoms with E-state index in [9.17, 15) is 10.1 Å². The molecule has 178 valence electrons. The van der Waals surface area contributed by atoms with Gasteiger partial charge in [-0.3, -0.25) is 4.79 Å². The number of amides is 1. The molecular formula is C29H30N4O2. The summed E-state index contributed by atoms with van der Waals surface area (Å²) in [7, 11) is 0. The van der Waals surface area contributed by atoms with Gasteiger partial charge in [-0.25, -0.2) is 9.97 Å². The van der Waals surface area contributed by atoms with Crippen molar-refractivity contribution >= 4 is 5.91 Å². The van der Waals surface area contributed by atoms with Gasteiger partial charge in [-0.15, -0.1) is 0 Å². The zero-order valence-corrected chi connectivity index (χ0v) is 20.5. The van der Waals surface area contributed by atoms with E-state index in [0.717, 1.165) is 49.0 Å². The molecule has 5 rings (SSSR count). The first-order valence-corrected chi connectivity index (χ1v) is 12.4. The standard InChI is InChI=1S/C29H30N4O2/c1-4-12-33-18-29(14-27(33)34)11-10-24-23(6-5-7-25(24)29)22-16-31-28(32-17-22)20-8-9-26(35-19(2)3)21(13-20)15-30/h5-9,13,16-17,19H,4,10-12,14,18H2,1-3H3. The molecule has 0 N–H and O–H groups in total. The molecule has 1 unspecified atom stereocenters. The second kappa shape index (κ2) is 9.14. The van der Waals surface area contributed by atoms with Crippen LogP contribution in [0, 0.1) is 11.3 Å². The van der Waals surface area contributed by atoms with Crippen LogP contribution in [0.3, 0.4) is 0 Å². The van der Waals surface area contributed by atoms with Crippen molar-refractivity contribution < 1.29 is 9.53 Å². The number of carbonyl (C=O) groups is 1. The minimum atomic E-state index is -0.0636. The maximum absolute atomic E-state index is 12.7. The SMILES string of the molecule is CCCN1CC2(CCc3c(-c4cnc(-c5ccc(OC(C)C)c(C#N)c5)nc4)cccc32)CC1=O. The van der Waals surface area contributed by atoms with Crippen LogP contribution in [-0.2, 0) is 16.6 Å². The van der Waals surface area contributed by atoms with Gasteiger partial charge in [-0.1, -0.05) is 25.1 Å². The molecule has 35 heavy (non-hydrogen) atoms. The van der Waals surface area contributed by atoms with Crippen LogP contribution < -0.4 is 4.74 Å². The molecule has 1 aliphatic carbocycles. The van der Waals surface area contributed by atoms with Gasteiger partial charge in [0, 0.05) is 48.4 Å². The van der Waals surface area contributed by atoms with E-state index in [2.05, 4.69) is 41.2 Å². The lowest BCUT2D eigenvalue weighted by molar-refractivity contribution is -0.127. The number of ether oxygens (including phenoxy) is 1. The lowest BCUT2D eigenvalue weighted by Gasteiger charge is -2.25. The average Bonchev–Trinajstić information content (AvgIpc) is 3.38. The topological polar surface area (TPSA) is 79.1 Å². The highest BCUT2D eigenvalue weighted by molar-refractivity contribution is 5.82. The summed E-state index contributed by atoms with van der Waals surface area (Å²) >= 11 is 0. The summed E-state index contributed by atoms with van der Waals surface area (Å²) in [6, 6.07) is 14.1. The maximum atomic E-state index is 12.7. The zero-order chi connectivity index (χ0) is 24.6. The normalized spacial score (nSPS) is 18.8. The molecule has 0 saturated carbocycles. The molecule has 1 fully saturated rings. The lowest BCUT2D eigenvalue weighted by Crippen LogP contribution is -2.30. The van der Waals surface area contributed by atoms with E-state index in [1.807, 2.05) is 37.2 Å². The summed E-state index contributed by atoms with van der Waals surface area (Å²) in [6.45, 7) is 7.65. The molecule has 1 amide bonds. The van der Waals surface area contributed by atoms with Gasteiger partial charge in [0.1, 0.15) is 11.8 Å². The van der Waals surface area contributed by atoms with E-state index in [1.165, 1.54) is 11.1 Å². The number of aromatic nitrogens is 2. The number of likely N-dealkylation sites (tertiary alicyclic amines) is 1. The van der Waals surface area contributed by atoms with Crippen LogP contribution in [-0.4, -0.2) is 40.0 Å². The molecule has 0 radical (unpaired) electrons. The summed E-state index contributed by atoms with van der Waals surface area (Å²) in [6.07, 6.45) is 7.27. The number of nitrogens with zero attached hydrogens (tertiary/aromatic N) is 4. The summed E-state index contributed by atoms with van der Waals surface area (Å²) in [4.78, 5) is 24.0. The monoisotopic (exact) mass is 466 g/mol. The van der Waals surface area contributed by atoms with Crippen LogP contribution >= 0.6 is 0 Å². The largest absolute Gasteiger partial charge is 0.490 e. The highest BCUT2D eigenvalue weighted by Gasteiger charge is 2.48. The Kier molecular flexibility index (Phi) is 6.02. The molecule has 1 aliphatic heterocycles. The van der Waals surface area contributed by atoms with Gasteiger partial charge in [-0.05, 0) is 68.0 Å². The number of carbonyl (C=O) groups excluding carboxylic acids is 1. The molecule has 1 saturated heterocycles. The van der Waals surface area contributed by atoms with Crippen molar-refractivity contribution in [2.24, 2.45) is 0 Å². The molecule has 1 aromatic heterocycles. The van der Waals surface area contributed by atoms with Gasteiger partial charge < -0.3 is 9.64 Å². The number of benzene rings is 2. The molecule has 3 aromatic rings. The number of nitriles is 1. The zero-order valence-electron chi connectivity index (χ0n) is 20.5. The number of hydrogen-bond acceptors (Lipinski definition) is 5. The van der Waals surface area contributed by atoms with Crippen LogP contribution in [0.15, 0.2) is 48.8 Å². The van der Waals surface area contributed by atoms with Gasteiger partial charge >= 0.3 is 0 Å². The van der Waals surface area contributed by atoms with Crippen LogP contribution in [0.5, 0.6) is 5.75 Å². The van der Waals surface area contributed by atoms with Crippen LogP contribution in [0.25, 0.3) is 22.5 Å². The second-order valence-electron chi connectivity index (χ2n) is 9.89. The fraction of sp³-hybridized carbons (Fsp3) is 0.379. The number of hydrogen-bond donors (Lipinski definition) is 0. The van der Waals surface area contributed by atoms with Crippen molar-refractivity contribution in [2.45, 2.75) is 58.0 Å². The van der Waals surface area contributed by atoms with Crippen molar-refractivity contribution in [2.75, 3.05) is 13.1 Å². The van der Waals surface area contributed by atoms with Crippen LogP contribution in [0.2, 0.25) is 0 Å². The quantitative estimate of drug-likeness (QED) is 0.493. The van der Waals surface area contributed by atoms with Gasteiger partial charge in [-0.2, -0.15) is 5.26 Å². The molecule has 1 atom stereocenters. The van der Waals surface area contributed by atoms with Gasteiger partial charge in [0.05, 0.1) is 11.7 Å². The fourth-order valence-electron chi connectivity index (χ4n) is 5.58. The smallest absolute Gasteiger partial charge is 0.223 e. The summed E-state index contributed by atoms with van der Waals surface area (Å²) < 4.78 is 5.73. The summed E-state index contributed by atoms with van der Waals surface area (Å²) in [5.74, 6) is 1.42. The Bertz CT molecular complexity index is 1310. The highest BCUT2D eigenvalue weighted by atomic mass is 16.5. The predicted octanol–water partition coefficient (Wildman–Crippen LogP) is 5.30. The van der Waals surface area contributed by atoms with Gasteiger partial charge in [0.15, 0.2) is 5.82 Å². The molecular weight excluding hydrogens is 436 g/mol. The Morgan fingerprint density at radius 1 is 1.17 bits per heavy atom. The van der Waals surface area contributed by atoms with E-state index in [0.29, 0.717) is 23.6 Å². The average molecular weight is 467 g/mol. The Morgan fingerprint density at radius 3 is 2.69 bits per heavy atom. The molecule has 1 spiro atoms. The highest BCUT2D eigenvalue weighted by Crippen LogP contribution is 2.48. The molecule has 6 heteroatoms. The van der Waals surface area contributed by atoms with Crippen LogP contribution in [0.4, 0.5) is 0 Å². The third kappa shape index (κ3) is 4.16. The van der Waals surface area contributed by atoms with Crippen LogP contribution in [0.1, 0.15) is 56.7 Å². The third-order valence-corrected chi connectivity index (χ3v) is 7.11. The molecule has 2 aliphatic rings. The van der Waals surface area contributed by atoms with E-state index in [-0.39, 0.29) is 17.4 Å². The minimum Gasteiger partial charge on any atom is -0.490 e. The van der Waals surface area contributed by atoms with Crippen molar-refractivity contribution in [1.82, 2.24) is 14.9 Å². The van der Waals surface area contributed by atoms with E-state index in [1.54, 1.807) is 12.1 Å². The Hall–Kier alpha value is -3.72. The molecule has 2 aromatic carbocycles. The predicted molar refractivity (Wildman–Crippen MR) is 135 cm³/mol. The molecule has 2 heterocycles. The minimum absolute atomic E-state index is 0.00714. The Morgan fingerprint density at radius 2 is 1.97 bits per heavy atom. The second-order valence-corrected chi connectivity index (χ2v) is 9.89. The summed E-state index contributed by atoms with van der Waals surface area (Å²) in [5, 5.41) is 9.54. The van der Waals surface area contributed by atoms with Gasteiger partial charge in [0.25, 0.3) is 0 Å². The third-order valence-electron chi connectivity index (χ3n) is 7.11. The fourth-order valence-corrected chi connectivity index (χ4v) is 5.58. The lowest BCUT2D eigenvalue weighted by atomic mass is 9.80. The van der Waals surface area contributed by atoms with Gasteiger partial charge in [0.2, 0.25) is 5.91 Å². The van der Waals surface area contributed by atoms with Crippen molar-refractivity contribution in [3.63, 3.8) is 0 Å². The maximum Gasteiger partial charge on any atom is 0.223 e.